The molecule has 9 N–H and O–H groups in total. The van der Waals surface area contributed by atoms with Gasteiger partial charge in [0, 0.05) is 44.2 Å². The fourth-order valence-electron chi connectivity index (χ4n) is 8.10. The Morgan fingerprint density at radius 2 is 1.70 bits per heavy atom. The Morgan fingerprint density at radius 3 is 2.34 bits per heavy atom. The highest BCUT2D eigenvalue weighted by Crippen LogP contribution is 2.37. The fourth-order valence-corrected chi connectivity index (χ4v) is 9.56. The SMILES string of the molecule is CCS(=O)(=O)Nc1ccc(-c2[nH]nc(Nc3ccc(C(=O)NCCC(=O)N[C@H](C(=O)N4C[C@H](O)C[C@H]4C(=O)NCc4ccc(-c5scnc5C)cc4)C(C)(C)C)cn3)c2C(N)=O)cc1O[C@@H](C)c1ccc(F)cc1. The Labute approximate surface area is 431 Å². The first-order chi connectivity index (χ1) is 35.1. The number of hydrogen-bond donors (Lipinski definition) is 8. The Hall–Kier alpha value is -7.76. The average molecular weight is 1050 g/mol. The Morgan fingerprint density at radius 1 is 0.986 bits per heavy atom. The van der Waals surface area contributed by atoms with E-state index in [0.29, 0.717) is 11.1 Å². The number of anilines is 3. The number of thiazole rings is 1. The molecular weight excluding hydrogens is 994 g/mol. The molecule has 20 nitrogen and oxygen atoms in total. The van der Waals surface area contributed by atoms with Gasteiger partial charge in [0.05, 0.1) is 44.9 Å². The highest BCUT2D eigenvalue weighted by Gasteiger charge is 2.44. The van der Waals surface area contributed by atoms with Gasteiger partial charge in [-0.2, -0.15) is 5.10 Å². The summed E-state index contributed by atoms with van der Waals surface area (Å²) in [6.45, 7) is 10.5. The molecule has 1 fully saturated rings. The number of H-pyrrole nitrogens is 1. The molecule has 4 heterocycles. The van der Waals surface area contributed by atoms with Crippen LogP contribution < -0.4 is 36.5 Å². The minimum Gasteiger partial charge on any atom is -0.484 e. The Balaban J connectivity index is 0.942. The van der Waals surface area contributed by atoms with Crippen molar-refractivity contribution >= 4 is 68.2 Å². The third-order valence-electron chi connectivity index (χ3n) is 12.2. The van der Waals surface area contributed by atoms with Crippen molar-refractivity contribution in [1.29, 1.82) is 0 Å². The van der Waals surface area contributed by atoms with E-state index in [1.807, 2.05) is 31.2 Å². The molecule has 0 aliphatic carbocycles. The summed E-state index contributed by atoms with van der Waals surface area (Å²) in [7, 11) is -3.74. The summed E-state index contributed by atoms with van der Waals surface area (Å²) >= 11 is 1.54. The molecule has 1 aliphatic rings. The maximum Gasteiger partial charge on any atom is 0.254 e. The zero-order valence-electron chi connectivity index (χ0n) is 41.5. The summed E-state index contributed by atoms with van der Waals surface area (Å²) in [4.78, 5) is 77.9. The number of benzene rings is 3. The van der Waals surface area contributed by atoms with Gasteiger partial charge in [-0.25, -0.2) is 22.8 Å². The number of sulfonamides is 1. The number of aromatic nitrogens is 4. The topological polar surface area (TPSA) is 293 Å². The van der Waals surface area contributed by atoms with Crippen molar-refractivity contribution in [2.75, 3.05) is 28.9 Å². The van der Waals surface area contributed by atoms with E-state index in [4.69, 9.17) is 10.5 Å². The lowest BCUT2D eigenvalue weighted by atomic mass is 9.85. The van der Waals surface area contributed by atoms with Gasteiger partial charge in [-0.15, -0.1) is 11.3 Å². The maximum atomic E-state index is 14.1. The molecule has 0 spiro atoms. The molecule has 74 heavy (non-hydrogen) atoms. The number of nitrogens with one attached hydrogen (secondary N) is 6. The summed E-state index contributed by atoms with van der Waals surface area (Å²) in [5.74, 6) is -3.28. The number of aliphatic hydroxyl groups excluding tert-OH is 1. The van der Waals surface area contributed by atoms with Crippen LogP contribution in [0.15, 0.2) is 90.6 Å². The van der Waals surface area contributed by atoms with E-state index in [0.717, 1.165) is 21.7 Å². The van der Waals surface area contributed by atoms with Gasteiger partial charge in [-0.05, 0) is 79.3 Å². The lowest BCUT2D eigenvalue weighted by Gasteiger charge is -2.35. The number of likely N-dealkylation sites (tertiary alicyclic amines) is 1. The van der Waals surface area contributed by atoms with Crippen molar-refractivity contribution in [2.24, 2.45) is 11.1 Å². The van der Waals surface area contributed by atoms with Crippen molar-refractivity contribution in [3.63, 3.8) is 0 Å². The number of nitrogens with two attached hydrogens (primary N) is 1. The summed E-state index contributed by atoms with van der Waals surface area (Å²) < 4.78 is 47.4. The van der Waals surface area contributed by atoms with E-state index in [1.165, 1.54) is 60.5 Å². The number of aliphatic hydroxyl groups is 1. The van der Waals surface area contributed by atoms with E-state index >= 15 is 0 Å². The number of primary amides is 1. The first kappa shape index (κ1) is 54.0. The maximum absolute atomic E-state index is 14.1. The second-order valence-corrected chi connectivity index (χ2v) is 21.6. The fraction of sp³-hybridized carbons (Fsp3) is 0.333. The second-order valence-electron chi connectivity index (χ2n) is 18.7. The van der Waals surface area contributed by atoms with Gasteiger partial charge in [-0.1, -0.05) is 63.2 Å². The van der Waals surface area contributed by atoms with Crippen LogP contribution in [0.25, 0.3) is 21.7 Å². The summed E-state index contributed by atoms with van der Waals surface area (Å²) in [5, 5.41) is 28.9. The predicted molar refractivity (Wildman–Crippen MR) is 277 cm³/mol. The van der Waals surface area contributed by atoms with Gasteiger partial charge in [0.25, 0.3) is 11.8 Å². The third-order valence-corrected chi connectivity index (χ3v) is 14.5. The minimum absolute atomic E-state index is 0.00637. The Kier molecular flexibility index (Phi) is 16.8. The predicted octanol–water partition coefficient (Wildman–Crippen LogP) is 5.72. The van der Waals surface area contributed by atoms with Crippen LogP contribution >= 0.6 is 11.3 Å². The first-order valence-corrected chi connectivity index (χ1v) is 26.1. The number of carbonyl (C=O) groups is 5. The zero-order chi connectivity index (χ0) is 53.5. The molecule has 0 radical (unpaired) electrons. The smallest absolute Gasteiger partial charge is 0.254 e. The number of aromatic amines is 1. The number of rotatable bonds is 20. The molecule has 1 saturated heterocycles. The quantitative estimate of drug-likeness (QED) is 0.0455. The zero-order valence-corrected chi connectivity index (χ0v) is 43.1. The van der Waals surface area contributed by atoms with E-state index < -0.39 is 75.1 Å². The first-order valence-electron chi connectivity index (χ1n) is 23.6. The lowest BCUT2D eigenvalue weighted by molar-refractivity contribution is -0.144. The number of nitrogens with zero attached hydrogens (tertiary/aromatic N) is 4. The van der Waals surface area contributed by atoms with Crippen molar-refractivity contribution in [1.82, 2.24) is 41.0 Å². The number of halogens is 1. The molecular formula is C51H58FN11O9S2. The van der Waals surface area contributed by atoms with E-state index in [-0.39, 0.29) is 78.1 Å². The van der Waals surface area contributed by atoms with Crippen LogP contribution in [-0.2, 0) is 31.0 Å². The average Bonchev–Trinajstić information content (AvgIpc) is 4.11. The molecule has 23 heteroatoms. The van der Waals surface area contributed by atoms with E-state index in [1.54, 1.807) is 56.7 Å². The molecule has 3 aromatic carbocycles. The van der Waals surface area contributed by atoms with E-state index in [2.05, 4.69) is 46.2 Å². The number of carbonyl (C=O) groups excluding carboxylic acids is 5. The number of β-amino-alcohol motifs (C(OH)–C–C–N with tert-alkyl or cyclic N) is 1. The molecule has 5 amide bonds. The molecule has 3 aromatic heterocycles. The van der Waals surface area contributed by atoms with Crippen molar-refractivity contribution in [2.45, 2.75) is 85.2 Å². The highest BCUT2D eigenvalue weighted by atomic mass is 32.2. The van der Waals surface area contributed by atoms with Crippen LogP contribution in [0.2, 0.25) is 0 Å². The lowest BCUT2D eigenvalue weighted by Crippen LogP contribution is -2.57. The molecule has 7 rings (SSSR count). The van der Waals surface area contributed by atoms with Crippen LogP contribution in [-0.4, -0.2) is 105 Å². The van der Waals surface area contributed by atoms with Crippen LogP contribution in [0.4, 0.5) is 21.7 Å². The number of pyridine rings is 1. The number of hydrogen-bond acceptors (Lipinski definition) is 14. The third kappa shape index (κ3) is 13.3. The summed E-state index contributed by atoms with van der Waals surface area (Å²) in [5.41, 5.74) is 11.0. The molecule has 4 atom stereocenters. The van der Waals surface area contributed by atoms with Gasteiger partial charge in [-0.3, -0.25) is 33.8 Å². The van der Waals surface area contributed by atoms with Gasteiger partial charge < -0.3 is 41.7 Å². The van der Waals surface area contributed by atoms with Crippen LogP contribution in [0.5, 0.6) is 5.75 Å². The van der Waals surface area contributed by atoms with Crippen molar-refractivity contribution in [3.05, 3.63) is 124 Å². The number of ether oxygens (including phenoxy) is 1. The van der Waals surface area contributed by atoms with Gasteiger partial charge in [0.1, 0.15) is 41.1 Å². The van der Waals surface area contributed by atoms with Gasteiger partial charge >= 0.3 is 0 Å². The van der Waals surface area contributed by atoms with Gasteiger partial charge in [0.2, 0.25) is 27.7 Å². The van der Waals surface area contributed by atoms with Gasteiger partial charge in [0.15, 0.2) is 5.82 Å². The number of amides is 5. The summed E-state index contributed by atoms with van der Waals surface area (Å²) in [6.07, 6.45) is -0.485. The second kappa shape index (κ2) is 23.0. The molecule has 0 bridgehead atoms. The monoisotopic (exact) mass is 1050 g/mol. The van der Waals surface area contributed by atoms with Crippen molar-refractivity contribution in [3.8, 4) is 27.4 Å². The largest absolute Gasteiger partial charge is 0.484 e. The molecule has 0 saturated carbocycles. The molecule has 1 aliphatic heterocycles. The molecule has 6 aromatic rings. The van der Waals surface area contributed by atoms with Crippen molar-refractivity contribution < 1.29 is 46.6 Å². The normalized spacial score (nSPS) is 15.4. The molecule has 0 unspecified atom stereocenters. The van der Waals surface area contributed by atoms with Crippen LogP contribution in [0.3, 0.4) is 0 Å². The molecule has 390 valence electrons. The van der Waals surface area contributed by atoms with Crippen LogP contribution in [0, 0.1) is 18.2 Å². The highest BCUT2D eigenvalue weighted by molar-refractivity contribution is 7.92. The van der Waals surface area contributed by atoms with Crippen LogP contribution in [0.1, 0.15) is 91.1 Å². The Bertz CT molecular complexity index is 3120. The standard InChI is InChI=1S/C51H58FN11O9S2/c1-7-74(70,71)62-37-18-14-33(22-39(37)72-29(3)31-12-16-35(52)17-13-31)43-42(46(53)66)47(61-60-43)58-40-19-15-34(25-55-40)48(67)54-21-20-41(65)59-45(51(4,5)6)50(69)63-26-36(64)23-38(63)49(68)56-24-30-8-10-32(11-9-30)44-28(2)57-27-73-44/h8-19,22,25,27,29,36,38,45,62,64H,7,20-21,23-24,26H2,1-6H3,(H2,53,66)(H,54,67)(H,56,68)(H,59,65)(H2,55,58,60,61)/t29-,36+,38-,45+/m0/s1. The van der Waals surface area contributed by atoms with E-state index in [9.17, 15) is 41.9 Å². The number of aryl methyl sites for hydroxylation is 1. The minimum atomic E-state index is -3.74. The summed E-state index contributed by atoms with van der Waals surface area (Å²) in [6, 6.07) is 18.8.